The fourth-order valence-electron chi connectivity index (χ4n) is 2.52. The van der Waals surface area contributed by atoms with Crippen molar-refractivity contribution < 1.29 is 9.53 Å². The van der Waals surface area contributed by atoms with E-state index in [1.54, 1.807) is 0 Å². The average Bonchev–Trinajstić information content (AvgIpc) is 3.11. The summed E-state index contributed by atoms with van der Waals surface area (Å²) in [6.45, 7) is 4.96. The van der Waals surface area contributed by atoms with E-state index in [1.165, 1.54) is 16.9 Å². The summed E-state index contributed by atoms with van der Waals surface area (Å²) in [4.78, 5) is 13.0. The molecule has 134 valence electrons. The summed E-state index contributed by atoms with van der Waals surface area (Å²) < 4.78 is 5.90. The Morgan fingerprint density at radius 1 is 1.15 bits per heavy atom. The van der Waals surface area contributed by atoms with E-state index in [2.05, 4.69) is 18.3 Å². The molecule has 0 spiro atoms. The fourth-order valence-corrected chi connectivity index (χ4v) is 3.53. The van der Waals surface area contributed by atoms with E-state index in [1.807, 2.05) is 54.8 Å². The summed E-state index contributed by atoms with van der Waals surface area (Å²) >= 11 is 7.53. The lowest BCUT2D eigenvalue weighted by Crippen LogP contribution is -2.21. The van der Waals surface area contributed by atoms with Gasteiger partial charge in [-0.1, -0.05) is 41.9 Å². The van der Waals surface area contributed by atoms with Gasteiger partial charge in [0, 0.05) is 17.1 Å². The summed E-state index contributed by atoms with van der Waals surface area (Å²) in [5.41, 5.74) is 4.23. The highest BCUT2D eigenvalue weighted by Crippen LogP contribution is 2.23. The van der Waals surface area contributed by atoms with Crippen LogP contribution in [0.5, 0.6) is 5.75 Å². The summed E-state index contributed by atoms with van der Waals surface area (Å²) in [5, 5.41) is 5.51. The Kier molecular flexibility index (Phi) is 5.96. The van der Waals surface area contributed by atoms with Gasteiger partial charge in [-0.05, 0) is 54.1 Å². The van der Waals surface area contributed by atoms with Crippen LogP contribution in [0.3, 0.4) is 0 Å². The maximum Gasteiger partial charge on any atom is 0.261 e. The van der Waals surface area contributed by atoms with Gasteiger partial charge >= 0.3 is 0 Å². The Morgan fingerprint density at radius 2 is 1.96 bits per heavy atom. The van der Waals surface area contributed by atoms with Crippen LogP contribution in [-0.2, 0) is 13.2 Å². The first kappa shape index (κ1) is 18.5. The van der Waals surface area contributed by atoms with Crippen LogP contribution in [0.4, 0.5) is 0 Å². The van der Waals surface area contributed by atoms with Crippen molar-refractivity contribution in [2.75, 3.05) is 0 Å². The van der Waals surface area contributed by atoms with Crippen LogP contribution in [0.1, 0.15) is 31.9 Å². The minimum Gasteiger partial charge on any atom is -0.489 e. The molecule has 5 heteroatoms. The van der Waals surface area contributed by atoms with Crippen LogP contribution in [0.15, 0.2) is 53.9 Å². The molecule has 1 aromatic heterocycles. The highest BCUT2D eigenvalue weighted by atomic mass is 35.5. The van der Waals surface area contributed by atoms with Gasteiger partial charge in [-0.15, -0.1) is 11.3 Å². The van der Waals surface area contributed by atoms with E-state index >= 15 is 0 Å². The molecule has 1 N–H and O–H groups in total. The van der Waals surface area contributed by atoms with Crippen LogP contribution in [0, 0.1) is 13.8 Å². The second-order valence-electron chi connectivity index (χ2n) is 6.08. The zero-order chi connectivity index (χ0) is 18.5. The van der Waals surface area contributed by atoms with Gasteiger partial charge in [0.2, 0.25) is 0 Å². The third kappa shape index (κ3) is 4.45. The highest BCUT2D eigenvalue weighted by molar-refractivity contribution is 7.12. The molecule has 0 aliphatic rings. The first-order valence-electron chi connectivity index (χ1n) is 8.32. The van der Waals surface area contributed by atoms with Gasteiger partial charge < -0.3 is 10.1 Å². The van der Waals surface area contributed by atoms with E-state index in [0.29, 0.717) is 23.1 Å². The van der Waals surface area contributed by atoms with Gasteiger partial charge in [-0.3, -0.25) is 4.79 Å². The molecule has 0 atom stereocenters. The van der Waals surface area contributed by atoms with Crippen molar-refractivity contribution in [3.8, 4) is 5.75 Å². The van der Waals surface area contributed by atoms with Crippen LogP contribution < -0.4 is 10.1 Å². The Bertz CT molecular complexity index is 920. The van der Waals surface area contributed by atoms with Gasteiger partial charge in [-0.2, -0.15) is 0 Å². The maximum absolute atomic E-state index is 12.3. The number of halogens is 1. The molecule has 3 rings (SSSR count). The van der Waals surface area contributed by atoms with E-state index in [-0.39, 0.29) is 5.91 Å². The molecule has 3 aromatic rings. The predicted octanol–water partition coefficient (Wildman–Crippen LogP) is 5.53. The van der Waals surface area contributed by atoms with Gasteiger partial charge in [0.15, 0.2) is 0 Å². The number of rotatable bonds is 6. The predicted molar refractivity (Wildman–Crippen MR) is 107 cm³/mol. The molecular formula is C21H20ClNO2S. The van der Waals surface area contributed by atoms with E-state index in [9.17, 15) is 4.79 Å². The number of amides is 1. The Labute approximate surface area is 162 Å². The van der Waals surface area contributed by atoms with Gasteiger partial charge in [-0.25, -0.2) is 0 Å². The van der Waals surface area contributed by atoms with Crippen LogP contribution in [0.2, 0.25) is 5.02 Å². The SMILES string of the molecule is Cc1cccc(OCc2csc(C(=O)NCc3ccccc3Cl)c2)c1C. The topological polar surface area (TPSA) is 38.3 Å². The molecular weight excluding hydrogens is 366 g/mol. The second kappa shape index (κ2) is 8.39. The smallest absolute Gasteiger partial charge is 0.261 e. The lowest BCUT2D eigenvalue weighted by atomic mass is 10.1. The van der Waals surface area contributed by atoms with Crippen molar-refractivity contribution in [2.45, 2.75) is 27.0 Å². The summed E-state index contributed by atoms with van der Waals surface area (Å²) in [5.74, 6) is 0.772. The Morgan fingerprint density at radius 3 is 2.77 bits per heavy atom. The molecule has 26 heavy (non-hydrogen) atoms. The van der Waals surface area contributed by atoms with Crippen molar-refractivity contribution >= 4 is 28.8 Å². The average molecular weight is 386 g/mol. The molecule has 0 radical (unpaired) electrons. The fraction of sp³-hybridized carbons (Fsp3) is 0.190. The van der Waals surface area contributed by atoms with Crippen molar-refractivity contribution in [1.29, 1.82) is 0 Å². The number of thiophene rings is 1. The summed E-state index contributed by atoms with van der Waals surface area (Å²) in [6.07, 6.45) is 0. The molecule has 0 aliphatic carbocycles. The first-order chi connectivity index (χ1) is 12.5. The number of aryl methyl sites for hydroxylation is 1. The van der Waals surface area contributed by atoms with E-state index in [4.69, 9.17) is 16.3 Å². The molecule has 1 heterocycles. The number of nitrogens with one attached hydrogen (secondary N) is 1. The molecule has 0 fully saturated rings. The summed E-state index contributed by atoms with van der Waals surface area (Å²) in [6, 6.07) is 15.4. The highest BCUT2D eigenvalue weighted by Gasteiger charge is 2.11. The standard InChI is InChI=1S/C21H20ClNO2S/c1-14-6-5-9-19(15(14)2)25-12-16-10-20(26-13-16)21(24)23-11-17-7-3-4-8-18(17)22/h3-10,13H,11-12H2,1-2H3,(H,23,24). The third-order valence-electron chi connectivity index (χ3n) is 4.22. The van der Waals surface area contributed by atoms with E-state index in [0.717, 1.165) is 22.4 Å². The molecule has 0 aliphatic heterocycles. The minimum absolute atomic E-state index is 0.104. The first-order valence-corrected chi connectivity index (χ1v) is 9.58. The number of ether oxygens (including phenoxy) is 1. The van der Waals surface area contributed by atoms with Crippen molar-refractivity contribution in [1.82, 2.24) is 5.32 Å². The number of hydrogen-bond donors (Lipinski definition) is 1. The number of benzene rings is 2. The molecule has 0 saturated heterocycles. The lowest BCUT2D eigenvalue weighted by Gasteiger charge is -2.09. The molecule has 1 amide bonds. The third-order valence-corrected chi connectivity index (χ3v) is 5.57. The molecule has 0 saturated carbocycles. The minimum atomic E-state index is -0.104. The molecule has 0 unspecified atom stereocenters. The molecule has 0 bridgehead atoms. The Balaban J connectivity index is 1.58. The van der Waals surface area contributed by atoms with Crippen molar-refractivity contribution in [2.24, 2.45) is 0 Å². The monoisotopic (exact) mass is 385 g/mol. The van der Waals surface area contributed by atoms with Crippen molar-refractivity contribution in [3.63, 3.8) is 0 Å². The van der Waals surface area contributed by atoms with Gasteiger partial charge in [0.05, 0.1) is 4.88 Å². The van der Waals surface area contributed by atoms with Gasteiger partial charge in [0.25, 0.3) is 5.91 Å². The van der Waals surface area contributed by atoms with Gasteiger partial charge in [0.1, 0.15) is 12.4 Å². The largest absolute Gasteiger partial charge is 0.489 e. The van der Waals surface area contributed by atoms with Crippen molar-refractivity contribution in [3.05, 3.63) is 86.1 Å². The lowest BCUT2D eigenvalue weighted by molar-refractivity contribution is 0.0955. The van der Waals surface area contributed by atoms with Crippen LogP contribution in [0.25, 0.3) is 0 Å². The zero-order valence-electron chi connectivity index (χ0n) is 14.7. The maximum atomic E-state index is 12.3. The summed E-state index contributed by atoms with van der Waals surface area (Å²) in [7, 11) is 0. The van der Waals surface area contributed by atoms with Crippen LogP contribution >= 0.6 is 22.9 Å². The Hall–Kier alpha value is -2.30. The normalized spacial score (nSPS) is 10.6. The quantitative estimate of drug-likeness (QED) is 0.606. The number of hydrogen-bond acceptors (Lipinski definition) is 3. The zero-order valence-corrected chi connectivity index (χ0v) is 16.3. The van der Waals surface area contributed by atoms with E-state index < -0.39 is 0 Å². The van der Waals surface area contributed by atoms with Crippen LogP contribution in [-0.4, -0.2) is 5.91 Å². The molecule has 2 aromatic carbocycles. The molecule has 3 nitrogen and oxygen atoms in total. The number of carbonyl (C=O) groups is 1. The second-order valence-corrected chi connectivity index (χ2v) is 7.40. The number of carbonyl (C=O) groups excluding carboxylic acids is 1.